The number of hydrogen-bond acceptors (Lipinski definition) is 6. The summed E-state index contributed by atoms with van der Waals surface area (Å²) in [6, 6.07) is 17.3. The molecular weight excluding hydrogens is 376 g/mol. The monoisotopic (exact) mass is 392 g/mol. The second-order valence-electron chi connectivity index (χ2n) is 6.16. The van der Waals surface area contributed by atoms with Crippen molar-refractivity contribution in [3.05, 3.63) is 78.6 Å². The molecular formula is C20H16N4O3S. The van der Waals surface area contributed by atoms with Crippen LogP contribution in [0.4, 0.5) is 5.69 Å². The molecule has 2 heterocycles. The molecule has 7 nitrogen and oxygen atoms in total. The van der Waals surface area contributed by atoms with Crippen molar-refractivity contribution < 1.29 is 12.9 Å². The number of rotatable bonds is 5. The molecule has 0 bridgehead atoms. The van der Waals surface area contributed by atoms with Crippen LogP contribution in [-0.4, -0.2) is 23.5 Å². The van der Waals surface area contributed by atoms with Crippen LogP contribution < -0.4 is 4.72 Å². The van der Waals surface area contributed by atoms with Crippen molar-refractivity contribution in [2.24, 2.45) is 0 Å². The molecule has 1 N–H and O–H groups in total. The summed E-state index contributed by atoms with van der Waals surface area (Å²) in [6.45, 7) is 2.00. The first kappa shape index (κ1) is 17.9. The molecule has 0 aliphatic heterocycles. The molecule has 0 aliphatic carbocycles. The van der Waals surface area contributed by atoms with Crippen molar-refractivity contribution in [2.45, 2.75) is 11.8 Å². The Kier molecular flexibility index (Phi) is 4.62. The van der Waals surface area contributed by atoms with Gasteiger partial charge in [-0.25, -0.2) is 8.42 Å². The molecule has 0 unspecified atom stereocenters. The van der Waals surface area contributed by atoms with Gasteiger partial charge in [-0.1, -0.05) is 41.1 Å². The molecule has 0 amide bonds. The van der Waals surface area contributed by atoms with E-state index in [-0.39, 0.29) is 10.8 Å². The van der Waals surface area contributed by atoms with Crippen LogP contribution in [0.2, 0.25) is 0 Å². The standard InChI is InChI=1S/C20H16N4O3S/c1-14-7-9-15(10-8-14)19-22-20(27-23-19)16-4-2-6-18(12-16)28(25,26)24-17-5-3-11-21-13-17/h2-13,24H,1H3. The number of benzene rings is 2. The average molecular weight is 392 g/mol. The molecule has 0 saturated carbocycles. The Morgan fingerprint density at radius 3 is 2.54 bits per heavy atom. The number of hydrogen-bond donors (Lipinski definition) is 1. The van der Waals surface area contributed by atoms with Crippen LogP contribution in [0.3, 0.4) is 0 Å². The molecule has 4 aromatic rings. The SMILES string of the molecule is Cc1ccc(-c2noc(-c3cccc(S(=O)(=O)Nc4cccnc4)c3)n2)cc1. The normalized spacial score (nSPS) is 11.3. The smallest absolute Gasteiger partial charge is 0.261 e. The number of aryl methyl sites for hydroxylation is 1. The van der Waals surface area contributed by atoms with Gasteiger partial charge in [0.1, 0.15) is 0 Å². The maximum absolute atomic E-state index is 12.6. The first-order valence-electron chi connectivity index (χ1n) is 8.45. The Morgan fingerprint density at radius 1 is 0.964 bits per heavy atom. The second kappa shape index (κ2) is 7.24. The maximum Gasteiger partial charge on any atom is 0.261 e. The Labute approximate surface area is 162 Å². The summed E-state index contributed by atoms with van der Waals surface area (Å²) in [5.74, 6) is 0.686. The molecule has 2 aromatic carbocycles. The fourth-order valence-corrected chi connectivity index (χ4v) is 3.68. The average Bonchev–Trinajstić information content (AvgIpc) is 3.19. The highest BCUT2D eigenvalue weighted by Gasteiger charge is 2.17. The van der Waals surface area contributed by atoms with Gasteiger partial charge < -0.3 is 4.52 Å². The summed E-state index contributed by atoms with van der Waals surface area (Å²) in [5, 5.41) is 3.99. The van der Waals surface area contributed by atoms with Crippen LogP contribution in [-0.2, 0) is 10.0 Å². The van der Waals surface area contributed by atoms with Crippen molar-refractivity contribution in [3.63, 3.8) is 0 Å². The van der Waals surface area contributed by atoms with Crippen molar-refractivity contribution in [3.8, 4) is 22.8 Å². The summed E-state index contributed by atoms with van der Waals surface area (Å²) in [6.07, 6.45) is 3.01. The number of nitrogens with zero attached hydrogens (tertiary/aromatic N) is 3. The number of anilines is 1. The van der Waals surface area contributed by atoms with Crippen molar-refractivity contribution in [2.75, 3.05) is 4.72 Å². The molecule has 0 saturated heterocycles. The minimum Gasteiger partial charge on any atom is -0.334 e. The first-order chi connectivity index (χ1) is 13.5. The van der Waals surface area contributed by atoms with Crippen molar-refractivity contribution in [1.82, 2.24) is 15.1 Å². The van der Waals surface area contributed by atoms with Gasteiger partial charge in [-0.15, -0.1) is 0 Å². The van der Waals surface area contributed by atoms with Crippen LogP contribution in [0.5, 0.6) is 0 Å². The van der Waals surface area contributed by atoms with Gasteiger partial charge in [0.15, 0.2) is 0 Å². The summed E-state index contributed by atoms with van der Waals surface area (Å²) in [5.41, 5.74) is 2.85. The molecule has 140 valence electrons. The van der Waals surface area contributed by atoms with Gasteiger partial charge in [0.05, 0.1) is 16.8 Å². The summed E-state index contributed by atoms with van der Waals surface area (Å²) in [7, 11) is -3.77. The fourth-order valence-electron chi connectivity index (χ4n) is 2.59. The quantitative estimate of drug-likeness (QED) is 0.553. The van der Waals surface area contributed by atoms with Crippen LogP contribution in [0.15, 0.2) is 82.5 Å². The topological polar surface area (TPSA) is 98.0 Å². The van der Waals surface area contributed by atoms with E-state index in [1.165, 1.54) is 18.3 Å². The van der Waals surface area contributed by atoms with E-state index in [2.05, 4.69) is 19.8 Å². The Balaban J connectivity index is 1.63. The Bertz CT molecular complexity index is 1200. The van der Waals surface area contributed by atoms with Crippen molar-refractivity contribution in [1.29, 1.82) is 0 Å². The number of nitrogens with one attached hydrogen (secondary N) is 1. The minimum atomic E-state index is -3.77. The third-order valence-corrected chi connectivity index (χ3v) is 5.42. The lowest BCUT2D eigenvalue weighted by Crippen LogP contribution is -2.13. The van der Waals surface area contributed by atoms with E-state index in [9.17, 15) is 8.42 Å². The molecule has 0 fully saturated rings. The van der Waals surface area contributed by atoms with Gasteiger partial charge in [0.25, 0.3) is 15.9 Å². The van der Waals surface area contributed by atoms with Gasteiger partial charge in [-0.05, 0) is 37.3 Å². The van der Waals surface area contributed by atoms with Gasteiger partial charge in [0.2, 0.25) is 5.82 Å². The molecule has 28 heavy (non-hydrogen) atoms. The molecule has 8 heteroatoms. The Hall–Kier alpha value is -3.52. The number of aromatic nitrogens is 3. The predicted octanol–water partition coefficient (Wildman–Crippen LogP) is 3.91. The van der Waals surface area contributed by atoms with E-state index in [1.807, 2.05) is 31.2 Å². The van der Waals surface area contributed by atoms with E-state index in [1.54, 1.807) is 30.5 Å². The van der Waals surface area contributed by atoms with E-state index in [0.717, 1.165) is 11.1 Å². The zero-order valence-corrected chi connectivity index (χ0v) is 15.7. The van der Waals surface area contributed by atoms with Crippen molar-refractivity contribution >= 4 is 15.7 Å². The summed E-state index contributed by atoms with van der Waals surface area (Å²) < 4.78 is 33.1. The van der Waals surface area contributed by atoms with E-state index >= 15 is 0 Å². The lowest BCUT2D eigenvalue weighted by Gasteiger charge is -2.08. The van der Waals surface area contributed by atoms with Crippen LogP contribution in [0.1, 0.15) is 5.56 Å². The largest absolute Gasteiger partial charge is 0.334 e. The van der Waals surface area contributed by atoms with Crippen LogP contribution in [0.25, 0.3) is 22.8 Å². The minimum absolute atomic E-state index is 0.0870. The van der Waals surface area contributed by atoms with Gasteiger partial charge in [-0.2, -0.15) is 4.98 Å². The summed E-state index contributed by atoms with van der Waals surface area (Å²) in [4.78, 5) is 8.38. The Morgan fingerprint density at radius 2 is 1.79 bits per heavy atom. The van der Waals surface area contributed by atoms with Gasteiger partial charge in [-0.3, -0.25) is 9.71 Å². The molecule has 0 spiro atoms. The highest BCUT2D eigenvalue weighted by Crippen LogP contribution is 2.25. The zero-order valence-electron chi connectivity index (χ0n) is 14.9. The van der Waals surface area contributed by atoms with E-state index < -0.39 is 10.0 Å². The van der Waals surface area contributed by atoms with E-state index in [4.69, 9.17) is 4.52 Å². The highest BCUT2D eigenvalue weighted by molar-refractivity contribution is 7.92. The first-order valence-corrected chi connectivity index (χ1v) is 9.94. The highest BCUT2D eigenvalue weighted by atomic mass is 32.2. The second-order valence-corrected chi connectivity index (χ2v) is 7.85. The molecule has 0 atom stereocenters. The predicted molar refractivity (Wildman–Crippen MR) is 105 cm³/mol. The fraction of sp³-hybridized carbons (Fsp3) is 0.0500. The third-order valence-electron chi connectivity index (χ3n) is 4.04. The zero-order chi connectivity index (χ0) is 19.6. The number of sulfonamides is 1. The number of pyridine rings is 1. The van der Waals surface area contributed by atoms with E-state index in [0.29, 0.717) is 17.1 Å². The van der Waals surface area contributed by atoms with Gasteiger partial charge >= 0.3 is 0 Å². The molecule has 0 radical (unpaired) electrons. The lowest BCUT2D eigenvalue weighted by molar-refractivity contribution is 0.432. The molecule has 0 aliphatic rings. The maximum atomic E-state index is 12.6. The van der Waals surface area contributed by atoms with Crippen LogP contribution >= 0.6 is 0 Å². The lowest BCUT2D eigenvalue weighted by atomic mass is 10.1. The molecule has 4 rings (SSSR count). The third kappa shape index (κ3) is 3.77. The van der Waals surface area contributed by atoms with Crippen LogP contribution in [0, 0.1) is 6.92 Å². The molecule has 2 aromatic heterocycles. The van der Waals surface area contributed by atoms with Gasteiger partial charge in [0, 0.05) is 17.3 Å². The summed E-state index contributed by atoms with van der Waals surface area (Å²) >= 11 is 0.